The van der Waals surface area contributed by atoms with Gasteiger partial charge in [-0.3, -0.25) is 0 Å². The number of methoxy groups -OCH3 is 1. The highest BCUT2D eigenvalue weighted by Crippen LogP contribution is 2.30. The van der Waals surface area contributed by atoms with Crippen molar-refractivity contribution in [3.8, 4) is 16.9 Å². The third-order valence-electron chi connectivity index (χ3n) is 5.41. The first-order valence-corrected chi connectivity index (χ1v) is 11.5. The van der Waals surface area contributed by atoms with Gasteiger partial charge in [-0.2, -0.15) is 0 Å². The standard InChI is InChI=1S/C21H27N5O3S/c1-29-21-5-3-2-4-20(21)18-6-8-19(9-7-18)30(27,28)24-12-15-26-13-10-17(11-14-26)16-23-25-22/h2-9,17,24H,10-16H2,1H3. The second kappa shape index (κ2) is 10.4. The molecule has 0 atom stereocenters. The molecule has 0 aromatic heterocycles. The molecular formula is C21H27N5O3S. The predicted molar refractivity (Wildman–Crippen MR) is 117 cm³/mol. The van der Waals surface area contributed by atoms with E-state index in [0.717, 1.165) is 42.8 Å². The van der Waals surface area contributed by atoms with E-state index in [-0.39, 0.29) is 4.90 Å². The summed E-state index contributed by atoms with van der Waals surface area (Å²) in [7, 11) is -1.95. The van der Waals surface area contributed by atoms with Crippen molar-refractivity contribution in [3.63, 3.8) is 0 Å². The zero-order chi connectivity index (χ0) is 21.4. The Bertz CT molecular complexity index is 980. The average Bonchev–Trinajstić information content (AvgIpc) is 2.78. The number of nitrogens with one attached hydrogen (secondary N) is 1. The van der Waals surface area contributed by atoms with Crippen molar-refractivity contribution in [2.75, 3.05) is 39.8 Å². The first kappa shape index (κ1) is 22.1. The molecule has 1 fully saturated rings. The molecule has 0 amide bonds. The van der Waals surface area contributed by atoms with E-state index in [1.54, 1.807) is 31.4 Å². The summed E-state index contributed by atoms with van der Waals surface area (Å²) in [6.45, 7) is 3.34. The van der Waals surface area contributed by atoms with Gasteiger partial charge >= 0.3 is 0 Å². The van der Waals surface area contributed by atoms with Crippen molar-refractivity contribution in [1.82, 2.24) is 9.62 Å². The van der Waals surface area contributed by atoms with Crippen LogP contribution in [0.1, 0.15) is 12.8 Å². The number of ether oxygens (including phenoxy) is 1. The van der Waals surface area contributed by atoms with Crippen LogP contribution >= 0.6 is 0 Å². The molecule has 0 radical (unpaired) electrons. The molecule has 3 rings (SSSR count). The summed E-state index contributed by atoms with van der Waals surface area (Å²) >= 11 is 0. The number of hydrogen-bond acceptors (Lipinski definition) is 5. The molecule has 1 aliphatic rings. The monoisotopic (exact) mass is 429 g/mol. The van der Waals surface area contributed by atoms with Gasteiger partial charge < -0.3 is 9.64 Å². The Balaban J connectivity index is 1.53. The van der Waals surface area contributed by atoms with Crippen LogP contribution in [0.5, 0.6) is 5.75 Å². The number of piperidine rings is 1. The van der Waals surface area contributed by atoms with Crippen molar-refractivity contribution in [1.29, 1.82) is 0 Å². The molecule has 8 nitrogen and oxygen atoms in total. The van der Waals surface area contributed by atoms with Crippen molar-refractivity contribution >= 4 is 10.0 Å². The van der Waals surface area contributed by atoms with Gasteiger partial charge in [0.2, 0.25) is 10.0 Å². The highest BCUT2D eigenvalue weighted by atomic mass is 32.2. The minimum atomic E-state index is -3.56. The Morgan fingerprint density at radius 3 is 2.53 bits per heavy atom. The number of azide groups is 1. The summed E-state index contributed by atoms with van der Waals surface area (Å²) in [6, 6.07) is 14.5. The molecule has 0 bridgehead atoms. The van der Waals surface area contributed by atoms with Gasteiger partial charge in [0.05, 0.1) is 12.0 Å². The molecule has 30 heavy (non-hydrogen) atoms. The van der Waals surface area contributed by atoms with Gasteiger partial charge in [0.15, 0.2) is 0 Å². The number of nitrogens with zero attached hydrogens (tertiary/aromatic N) is 4. The van der Waals surface area contributed by atoms with Crippen molar-refractivity contribution in [2.24, 2.45) is 11.0 Å². The first-order chi connectivity index (χ1) is 14.5. The fourth-order valence-electron chi connectivity index (χ4n) is 3.66. The van der Waals surface area contributed by atoms with Crippen LogP contribution in [0, 0.1) is 5.92 Å². The average molecular weight is 430 g/mol. The molecule has 1 saturated heterocycles. The highest BCUT2D eigenvalue weighted by Gasteiger charge is 2.19. The van der Waals surface area contributed by atoms with Crippen LogP contribution in [0.2, 0.25) is 0 Å². The van der Waals surface area contributed by atoms with E-state index in [4.69, 9.17) is 10.3 Å². The van der Waals surface area contributed by atoms with Gasteiger partial charge in [0.25, 0.3) is 0 Å². The van der Waals surface area contributed by atoms with Crippen molar-refractivity contribution in [2.45, 2.75) is 17.7 Å². The van der Waals surface area contributed by atoms with Crippen LogP contribution in [0.25, 0.3) is 21.6 Å². The normalized spacial score (nSPS) is 15.5. The summed E-state index contributed by atoms with van der Waals surface area (Å²) in [5, 5.41) is 3.65. The van der Waals surface area contributed by atoms with Gasteiger partial charge in [-0.1, -0.05) is 35.4 Å². The number of hydrogen-bond donors (Lipinski definition) is 1. The van der Waals surface area contributed by atoms with E-state index in [2.05, 4.69) is 19.6 Å². The second-order valence-electron chi connectivity index (χ2n) is 7.32. The molecule has 9 heteroatoms. The van der Waals surface area contributed by atoms with E-state index in [1.165, 1.54) is 0 Å². The zero-order valence-electron chi connectivity index (χ0n) is 17.1. The fourth-order valence-corrected chi connectivity index (χ4v) is 4.68. The van der Waals surface area contributed by atoms with E-state index >= 15 is 0 Å². The Kier molecular flexibility index (Phi) is 7.70. The minimum Gasteiger partial charge on any atom is -0.496 e. The maximum absolute atomic E-state index is 12.6. The number of rotatable bonds is 9. The van der Waals surface area contributed by atoms with Gasteiger partial charge in [0, 0.05) is 30.1 Å². The molecule has 2 aromatic carbocycles. The van der Waals surface area contributed by atoms with Crippen LogP contribution in [0.4, 0.5) is 0 Å². The van der Waals surface area contributed by atoms with Crippen LogP contribution in [-0.2, 0) is 10.0 Å². The van der Waals surface area contributed by atoms with Crippen LogP contribution in [0.3, 0.4) is 0 Å². The molecule has 160 valence electrons. The number of para-hydroxylation sites is 1. The van der Waals surface area contributed by atoms with Gasteiger partial charge in [-0.15, -0.1) is 0 Å². The zero-order valence-corrected chi connectivity index (χ0v) is 17.9. The lowest BCUT2D eigenvalue weighted by Crippen LogP contribution is -2.40. The Labute approximate surface area is 177 Å². The summed E-state index contributed by atoms with van der Waals surface area (Å²) in [5.41, 5.74) is 10.2. The van der Waals surface area contributed by atoms with E-state index in [0.29, 0.717) is 25.6 Å². The fraction of sp³-hybridized carbons (Fsp3) is 0.429. The number of likely N-dealkylation sites (tertiary alicyclic amines) is 1. The molecular weight excluding hydrogens is 402 g/mol. The smallest absolute Gasteiger partial charge is 0.240 e. The number of benzene rings is 2. The Morgan fingerprint density at radius 2 is 1.87 bits per heavy atom. The Morgan fingerprint density at radius 1 is 1.17 bits per heavy atom. The lowest BCUT2D eigenvalue weighted by atomic mass is 9.97. The van der Waals surface area contributed by atoms with Crippen molar-refractivity contribution in [3.05, 3.63) is 59.0 Å². The predicted octanol–water partition coefficient (Wildman–Crippen LogP) is 3.66. The molecule has 1 aliphatic heterocycles. The maximum atomic E-state index is 12.6. The maximum Gasteiger partial charge on any atom is 0.240 e. The van der Waals surface area contributed by atoms with Crippen LogP contribution in [-0.4, -0.2) is 53.2 Å². The van der Waals surface area contributed by atoms with Crippen LogP contribution in [0.15, 0.2) is 58.5 Å². The van der Waals surface area contributed by atoms with E-state index in [1.807, 2.05) is 24.3 Å². The first-order valence-electron chi connectivity index (χ1n) is 10.00. The van der Waals surface area contributed by atoms with Gasteiger partial charge in [0.1, 0.15) is 5.75 Å². The van der Waals surface area contributed by atoms with Gasteiger partial charge in [-0.05, 0) is 61.1 Å². The number of sulfonamides is 1. The third-order valence-corrected chi connectivity index (χ3v) is 6.89. The van der Waals surface area contributed by atoms with Crippen molar-refractivity contribution < 1.29 is 13.2 Å². The molecule has 0 spiro atoms. The molecule has 0 aliphatic carbocycles. The summed E-state index contributed by atoms with van der Waals surface area (Å²) in [4.78, 5) is 5.29. The lowest BCUT2D eigenvalue weighted by molar-refractivity contribution is 0.190. The molecule has 0 unspecified atom stereocenters. The third kappa shape index (κ3) is 5.73. The quantitative estimate of drug-likeness (QED) is 0.373. The van der Waals surface area contributed by atoms with E-state index < -0.39 is 10.0 Å². The lowest BCUT2D eigenvalue weighted by Gasteiger charge is -2.31. The molecule has 1 N–H and O–H groups in total. The largest absolute Gasteiger partial charge is 0.496 e. The molecule has 1 heterocycles. The van der Waals surface area contributed by atoms with Gasteiger partial charge in [-0.25, -0.2) is 13.1 Å². The second-order valence-corrected chi connectivity index (χ2v) is 9.09. The highest BCUT2D eigenvalue weighted by molar-refractivity contribution is 7.89. The summed E-state index contributed by atoms with van der Waals surface area (Å²) < 4.78 is 33.3. The van der Waals surface area contributed by atoms with E-state index in [9.17, 15) is 8.42 Å². The SMILES string of the molecule is COc1ccccc1-c1ccc(S(=O)(=O)NCCN2CCC(CN=[N+]=[N-])CC2)cc1. The molecule has 0 saturated carbocycles. The summed E-state index contributed by atoms with van der Waals surface area (Å²) in [6.07, 6.45) is 1.94. The topological polar surface area (TPSA) is 107 Å². The Hall–Kier alpha value is -2.58. The van der Waals surface area contributed by atoms with Crippen LogP contribution < -0.4 is 9.46 Å². The summed E-state index contributed by atoms with van der Waals surface area (Å²) in [5.74, 6) is 1.17. The molecule has 2 aromatic rings. The minimum absolute atomic E-state index is 0.245.